The van der Waals surface area contributed by atoms with Crippen molar-refractivity contribution in [3.05, 3.63) is 65.2 Å². The summed E-state index contributed by atoms with van der Waals surface area (Å²) in [5.41, 5.74) is 2.40. The number of hydrogen-bond donors (Lipinski definition) is 1. The first-order chi connectivity index (χ1) is 10.2. The van der Waals surface area contributed by atoms with Gasteiger partial charge >= 0.3 is 0 Å². The van der Waals surface area contributed by atoms with Gasteiger partial charge in [-0.15, -0.1) is 0 Å². The Labute approximate surface area is 124 Å². The average molecular weight is 280 g/mol. The van der Waals surface area contributed by atoms with Gasteiger partial charge in [0.1, 0.15) is 5.75 Å². The largest absolute Gasteiger partial charge is 0.497 e. The number of hydrogen-bond acceptors (Lipinski definition) is 3. The third-order valence-electron chi connectivity index (χ3n) is 3.04. The lowest BCUT2D eigenvalue weighted by molar-refractivity contribution is -0.120. The summed E-state index contributed by atoms with van der Waals surface area (Å²) in [6, 6.07) is 16.7. The highest BCUT2D eigenvalue weighted by Gasteiger charge is 2.04. The Morgan fingerprint density at radius 1 is 1.19 bits per heavy atom. The molecule has 1 amide bonds. The molecule has 0 fully saturated rings. The molecule has 0 saturated heterocycles. The fraction of sp³-hybridized carbons (Fsp3) is 0.176. The molecule has 1 N–H and O–H groups in total. The van der Waals surface area contributed by atoms with Gasteiger partial charge < -0.3 is 10.1 Å². The molecule has 0 aliphatic rings. The van der Waals surface area contributed by atoms with Crippen LogP contribution in [0.5, 0.6) is 5.75 Å². The second-order valence-electron chi connectivity index (χ2n) is 4.62. The highest BCUT2D eigenvalue weighted by molar-refractivity contribution is 5.78. The first-order valence-electron chi connectivity index (χ1n) is 6.60. The summed E-state index contributed by atoms with van der Waals surface area (Å²) in [6.45, 7) is 0.415. The first-order valence-corrected chi connectivity index (χ1v) is 6.60. The standard InChI is InChI=1S/C17H16N2O2/c1-21-16-7-3-4-13(9-16)10-17(20)19-12-15-6-2-5-14(8-15)11-18/h2-9H,10,12H2,1H3,(H,19,20). The molecule has 0 heterocycles. The van der Waals surface area contributed by atoms with Gasteiger partial charge in [-0.05, 0) is 35.4 Å². The van der Waals surface area contributed by atoms with Crippen LogP contribution in [0.4, 0.5) is 0 Å². The van der Waals surface area contributed by atoms with Crippen LogP contribution in [0.3, 0.4) is 0 Å². The zero-order valence-electron chi connectivity index (χ0n) is 11.8. The van der Waals surface area contributed by atoms with E-state index in [0.29, 0.717) is 18.5 Å². The van der Waals surface area contributed by atoms with E-state index >= 15 is 0 Å². The van der Waals surface area contributed by atoms with E-state index < -0.39 is 0 Å². The second-order valence-corrected chi connectivity index (χ2v) is 4.62. The predicted octanol–water partition coefficient (Wildman–Crippen LogP) is 2.43. The topological polar surface area (TPSA) is 62.1 Å². The molecular weight excluding hydrogens is 264 g/mol. The van der Waals surface area contributed by atoms with Gasteiger partial charge in [-0.3, -0.25) is 4.79 Å². The minimum atomic E-state index is -0.0642. The molecule has 0 spiro atoms. The molecule has 4 nitrogen and oxygen atoms in total. The van der Waals surface area contributed by atoms with Crippen LogP contribution in [-0.4, -0.2) is 13.0 Å². The van der Waals surface area contributed by atoms with E-state index in [9.17, 15) is 4.79 Å². The van der Waals surface area contributed by atoms with Gasteiger partial charge in [-0.1, -0.05) is 24.3 Å². The Bertz CT molecular complexity index is 674. The number of methoxy groups -OCH3 is 1. The van der Waals surface area contributed by atoms with Crippen LogP contribution >= 0.6 is 0 Å². The Morgan fingerprint density at radius 2 is 1.95 bits per heavy atom. The molecule has 2 aromatic carbocycles. The van der Waals surface area contributed by atoms with E-state index in [1.54, 1.807) is 19.2 Å². The summed E-state index contributed by atoms with van der Waals surface area (Å²) < 4.78 is 5.13. The fourth-order valence-corrected chi connectivity index (χ4v) is 1.98. The van der Waals surface area contributed by atoms with E-state index in [0.717, 1.165) is 16.9 Å². The normalized spacial score (nSPS) is 9.71. The number of ether oxygens (including phenoxy) is 1. The van der Waals surface area contributed by atoms with Crippen molar-refractivity contribution in [3.8, 4) is 11.8 Å². The molecule has 106 valence electrons. The number of amides is 1. The van der Waals surface area contributed by atoms with Gasteiger partial charge in [-0.2, -0.15) is 5.26 Å². The van der Waals surface area contributed by atoms with Crippen molar-refractivity contribution in [2.75, 3.05) is 7.11 Å². The number of rotatable bonds is 5. The molecule has 0 aromatic heterocycles. The van der Waals surface area contributed by atoms with E-state index in [1.165, 1.54) is 0 Å². The Morgan fingerprint density at radius 3 is 2.71 bits per heavy atom. The molecule has 4 heteroatoms. The maximum Gasteiger partial charge on any atom is 0.224 e. The molecule has 0 atom stereocenters. The zero-order chi connectivity index (χ0) is 15.1. The van der Waals surface area contributed by atoms with E-state index in [1.807, 2.05) is 36.4 Å². The van der Waals surface area contributed by atoms with Gasteiger partial charge in [0.05, 0.1) is 25.2 Å². The Balaban J connectivity index is 1.91. The Hall–Kier alpha value is -2.80. The smallest absolute Gasteiger partial charge is 0.224 e. The number of benzene rings is 2. The predicted molar refractivity (Wildman–Crippen MR) is 79.7 cm³/mol. The van der Waals surface area contributed by atoms with E-state index in [4.69, 9.17) is 10.00 Å². The SMILES string of the molecule is COc1cccc(CC(=O)NCc2cccc(C#N)c2)c1. The van der Waals surface area contributed by atoms with Crippen LogP contribution in [0.1, 0.15) is 16.7 Å². The Kier molecular flexibility index (Phi) is 4.94. The number of nitriles is 1. The maximum absolute atomic E-state index is 11.9. The summed E-state index contributed by atoms with van der Waals surface area (Å²) in [5.74, 6) is 0.674. The summed E-state index contributed by atoms with van der Waals surface area (Å²) in [4.78, 5) is 11.9. The van der Waals surface area contributed by atoms with Crippen molar-refractivity contribution in [2.45, 2.75) is 13.0 Å². The van der Waals surface area contributed by atoms with Crippen LogP contribution in [-0.2, 0) is 17.8 Å². The quantitative estimate of drug-likeness (QED) is 0.915. The molecule has 2 rings (SSSR count). The van der Waals surface area contributed by atoms with Crippen molar-refractivity contribution < 1.29 is 9.53 Å². The highest BCUT2D eigenvalue weighted by atomic mass is 16.5. The van der Waals surface area contributed by atoms with Crippen molar-refractivity contribution in [3.63, 3.8) is 0 Å². The van der Waals surface area contributed by atoms with Gasteiger partial charge in [0.2, 0.25) is 5.91 Å². The van der Waals surface area contributed by atoms with Gasteiger partial charge in [0, 0.05) is 6.54 Å². The summed E-state index contributed by atoms with van der Waals surface area (Å²) in [7, 11) is 1.60. The minimum Gasteiger partial charge on any atom is -0.497 e. The molecule has 0 radical (unpaired) electrons. The van der Waals surface area contributed by atoms with Gasteiger partial charge in [0.25, 0.3) is 0 Å². The molecule has 0 aliphatic carbocycles. The monoisotopic (exact) mass is 280 g/mol. The van der Waals surface area contributed by atoms with Crippen LogP contribution in [0.25, 0.3) is 0 Å². The average Bonchev–Trinajstić information content (AvgIpc) is 2.53. The number of carbonyl (C=O) groups excluding carboxylic acids is 1. The summed E-state index contributed by atoms with van der Waals surface area (Å²) in [5, 5.41) is 11.7. The third kappa shape index (κ3) is 4.36. The van der Waals surface area contributed by atoms with E-state index in [-0.39, 0.29) is 5.91 Å². The molecule has 2 aromatic rings. The molecule has 0 unspecified atom stereocenters. The first kappa shape index (κ1) is 14.6. The van der Waals surface area contributed by atoms with Crippen molar-refractivity contribution in [1.82, 2.24) is 5.32 Å². The van der Waals surface area contributed by atoms with Crippen molar-refractivity contribution in [2.24, 2.45) is 0 Å². The molecule has 0 saturated carbocycles. The lowest BCUT2D eigenvalue weighted by Gasteiger charge is -2.07. The van der Waals surface area contributed by atoms with Crippen molar-refractivity contribution >= 4 is 5.91 Å². The molecule has 0 bridgehead atoms. The third-order valence-corrected chi connectivity index (χ3v) is 3.04. The zero-order valence-corrected chi connectivity index (χ0v) is 11.8. The molecule has 21 heavy (non-hydrogen) atoms. The van der Waals surface area contributed by atoms with Crippen LogP contribution < -0.4 is 10.1 Å². The van der Waals surface area contributed by atoms with Gasteiger partial charge in [-0.25, -0.2) is 0 Å². The van der Waals surface area contributed by atoms with E-state index in [2.05, 4.69) is 11.4 Å². The minimum absolute atomic E-state index is 0.0642. The highest BCUT2D eigenvalue weighted by Crippen LogP contribution is 2.13. The summed E-state index contributed by atoms with van der Waals surface area (Å²) >= 11 is 0. The maximum atomic E-state index is 11.9. The number of nitrogens with zero attached hydrogens (tertiary/aromatic N) is 1. The lowest BCUT2D eigenvalue weighted by atomic mass is 10.1. The molecule has 0 aliphatic heterocycles. The van der Waals surface area contributed by atoms with Crippen LogP contribution in [0.2, 0.25) is 0 Å². The number of carbonyl (C=O) groups is 1. The fourth-order valence-electron chi connectivity index (χ4n) is 1.98. The van der Waals surface area contributed by atoms with Crippen molar-refractivity contribution in [1.29, 1.82) is 5.26 Å². The van der Waals surface area contributed by atoms with Crippen LogP contribution in [0, 0.1) is 11.3 Å². The summed E-state index contributed by atoms with van der Waals surface area (Å²) in [6.07, 6.45) is 0.301. The van der Waals surface area contributed by atoms with Gasteiger partial charge in [0.15, 0.2) is 0 Å². The van der Waals surface area contributed by atoms with Crippen LogP contribution in [0.15, 0.2) is 48.5 Å². The lowest BCUT2D eigenvalue weighted by Crippen LogP contribution is -2.24. The number of nitrogens with one attached hydrogen (secondary N) is 1. The second kappa shape index (κ2) is 7.11. The molecular formula is C17H16N2O2.